The highest BCUT2D eigenvalue weighted by atomic mass is 16.6. The van der Waals surface area contributed by atoms with Gasteiger partial charge in [0, 0.05) is 19.4 Å². The van der Waals surface area contributed by atoms with Crippen LogP contribution < -0.4 is 0 Å². The molecule has 1 atom stereocenters. The first-order valence-corrected chi connectivity index (χ1v) is 4.86. The molecular formula is C11H18O6. The molecule has 0 aromatic heterocycles. The maximum atomic E-state index is 10.6. The summed E-state index contributed by atoms with van der Waals surface area (Å²) in [7, 11) is 0. The van der Waals surface area contributed by atoms with Gasteiger partial charge in [0.25, 0.3) is 0 Å². The molecule has 0 rings (SSSR count). The Hall–Kier alpha value is -1.69. The minimum atomic E-state index is -0.608. The summed E-state index contributed by atoms with van der Waals surface area (Å²) >= 11 is 0. The van der Waals surface area contributed by atoms with E-state index in [1.165, 1.54) is 13.8 Å². The van der Waals surface area contributed by atoms with E-state index >= 15 is 0 Å². The average Bonchev–Trinajstić information content (AvgIpc) is 2.12. The van der Waals surface area contributed by atoms with Crippen molar-refractivity contribution in [3.63, 3.8) is 0 Å². The maximum Gasteiger partial charge on any atom is 0.333 e. The molecule has 0 saturated heterocycles. The fourth-order valence-corrected chi connectivity index (χ4v) is 0.522. The van der Waals surface area contributed by atoms with E-state index in [9.17, 15) is 14.4 Å². The van der Waals surface area contributed by atoms with Gasteiger partial charge in [-0.1, -0.05) is 6.58 Å². The van der Waals surface area contributed by atoms with Crippen molar-refractivity contribution in [3.05, 3.63) is 12.2 Å². The van der Waals surface area contributed by atoms with Crippen molar-refractivity contribution in [3.8, 4) is 0 Å². The number of esters is 3. The van der Waals surface area contributed by atoms with Crippen LogP contribution in [0.2, 0.25) is 0 Å². The van der Waals surface area contributed by atoms with Gasteiger partial charge in [-0.2, -0.15) is 0 Å². The summed E-state index contributed by atoms with van der Waals surface area (Å²) in [5.41, 5.74) is 0.348. The van der Waals surface area contributed by atoms with Gasteiger partial charge in [0.05, 0.1) is 6.10 Å². The van der Waals surface area contributed by atoms with Crippen LogP contribution in [-0.2, 0) is 23.9 Å². The van der Waals surface area contributed by atoms with E-state index in [1.54, 1.807) is 13.8 Å². The van der Waals surface area contributed by atoms with Gasteiger partial charge in [0.15, 0.2) is 0 Å². The average molecular weight is 246 g/mol. The number of carbonyl (C=O) groups excluding carboxylic acids is 3. The fourth-order valence-electron chi connectivity index (χ4n) is 0.522. The van der Waals surface area contributed by atoms with Gasteiger partial charge < -0.3 is 14.6 Å². The lowest BCUT2D eigenvalue weighted by atomic mass is 10.3. The first-order chi connectivity index (χ1) is 7.66. The van der Waals surface area contributed by atoms with Crippen LogP contribution in [0.1, 0.15) is 27.7 Å². The molecule has 0 aromatic rings. The van der Waals surface area contributed by atoms with Crippen LogP contribution >= 0.6 is 0 Å². The van der Waals surface area contributed by atoms with Crippen molar-refractivity contribution in [2.24, 2.45) is 0 Å². The Morgan fingerprint density at radius 2 is 1.59 bits per heavy atom. The minimum Gasteiger partial charge on any atom is -0.460 e. The van der Waals surface area contributed by atoms with Crippen molar-refractivity contribution in [2.75, 3.05) is 6.61 Å². The van der Waals surface area contributed by atoms with E-state index in [0.717, 1.165) is 0 Å². The molecule has 1 N–H and O–H groups in total. The predicted octanol–water partition coefficient (Wildman–Crippen LogP) is 0.582. The van der Waals surface area contributed by atoms with E-state index < -0.39 is 24.0 Å². The second-order valence-corrected chi connectivity index (χ2v) is 3.31. The predicted molar refractivity (Wildman–Crippen MR) is 59.9 cm³/mol. The molecular weight excluding hydrogens is 228 g/mol. The molecule has 6 nitrogen and oxygen atoms in total. The van der Waals surface area contributed by atoms with Crippen molar-refractivity contribution in [1.29, 1.82) is 0 Å². The zero-order valence-corrected chi connectivity index (χ0v) is 10.5. The molecule has 0 amide bonds. The molecule has 6 heteroatoms. The first kappa shape index (κ1) is 17.7. The topological polar surface area (TPSA) is 89.9 Å². The smallest absolute Gasteiger partial charge is 0.333 e. The van der Waals surface area contributed by atoms with Gasteiger partial charge >= 0.3 is 17.9 Å². The van der Waals surface area contributed by atoms with E-state index in [4.69, 9.17) is 5.11 Å². The van der Waals surface area contributed by atoms with Crippen LogP contribution in [0.5, 0.6) is 0 Å². The molecule has 0 aromatic carbocycles. The summed E-state index contributed by atoms with van der Waals surface area (Å²) < 4.78 is 8.55. The molecule has 0 spiro atoms. The number of rotatable bonds is 3. The Balaban J connectivity index is 0. The van der Waals surface area contributed by atoms with Crippen LogP contribution in [0.3, 0.4) is 0 Å². The molecule has 0 aliphatic heterocycles. The molecule has 0 fully saturated rings. The minimum absolute atomic E-state index is 0.0334. The number of hydrogen-bond acceptors (Lipinski definition) is 6. The highest BCUT2D eigenvalue weighted by Gasteiger charge is 2.03. The van der Waals surface area contributed by atoms with Gasteiger partial charge in [-0.05, 0) is 13.8 Å². The maximum absolute atomic E-state index is 10.6. The Bertz CT molecular complexity index is 280. The van der Waals surface area contributed by atoms with E-state index in [-0.39, 0.29) is 6.61 Å². The van der Waals surface area contributed by atoms with Crippen molar-refractivity contribution in [1.82, 2.24) is 0 Å². The van der Waals surface area contributed by atoms with Gasteiger partial charge in [0.1, 0.15) is 6.61 Å². The summed E-state index contributed by atoms with van der Waals surface area (Å²) in [6, 6.07) is 0. The fraction of sp³-hybridized carbons (Fsp3) is 0.545. The van der Waals surface area contributed by atoms with Crippen molar-refractivity contribution >= 4 is 17.9 Å². The van der Waals surface area contributed by atoms with Crippen LogP contribution in [0.4, 0.5) is 0 Å². The second-order valence-electron chi connectivity index (χ2n) is 3.31. The standard InChI is InChI=1S/C7H12O3.C4H6O3/c1-5(2)7(9)10-4-6(3)8;1-3(5)7-4(2)6/h6,8H,1,4H2,2-3H3;1-2H3. The first-order valence-electron chi connectivity index (χ1n) is 4.86. The highest BCUT2D eigenvalue weighted by Crippen LogP contribution is 1.92. The molecule has 0 aliphatic rings. The second kappa shape index (κ2) is 9.53. The number of hydrogen-bond donors (Lipinski definition) is 1. The van der Waals surface area contributed by atoms with Gasteiger partial charge in [-0.3, -0.25) is 9.59 Å². The lowest BCUT2D eigenvalue weighted by molar-refractivity contribution is -0.156. The third kappa shape index (κ3) is 17.0. The largest absolute Gasteiger partial charge is 0.460 e. The molecule has 0 saturated carbocycles. The quantitative estimate of drug-likeness (QED) is 0.445. The Morgan fingerprint density at radius 3 is 1.76 bits per heavy atom. The van der Waals surface area contributed by atoms with E-state index in [2.05, 4.69) is 16.1 Å². The monoisotopic (exact) mass is 246 g/mol. The molecule has 0 bridgehead atoms. The van der Waals surface area contributed by atoms with Crippen LogP contribution in [-0.4, -0.2) is 35.7 Å². The molecule has 0 radical (unpaired) electrons. The van der Waals surface area contributed by atoms with Gasteiger partial charge in [-0.15, -0.1) is 0 Å². The summed E-state index contributed by atoms with van der Waals surface area (Å²) in [5.74, 6) is -1.58. The van der Waals surface area contributed by atoms with Gasteiger partial charge in [-0.25, -0.2) is 4.79 Å². The van der Waals surface area contributed by atoms with Crippen molar-refractivity contribution in [2.45, 2.75) is 33.8 Å². The van der Waals surface area contributed by atoms with Crippen molar-refractivity contribution < 1.29 is 29.0 Å². The Labute approximate surface area is 100 Å². The summed E-state index contributed by atoms with van der Waals surface area (Å²) in [6.07, 6.45) is -0.608. The Kier molecular flexibility index (Phi) is 9.92. The zero-order chi connectivity index (χ0) is 14.0. The molecule has 17 heavy (non-hydrogen) atoms. The number of carbonyl (C=O) groups is 3. The van der Waals surface area contributed by atoms with E-state index in [0.29, 0.717) is 5.57 Å². The third-order valence-corrected chi connectivity index (χ3v) is 1.09. The normalized spacial score (nSPS) is 10.4. The summed E-state index contributed by atoms with van der Waals surface area (Å²) in [6.45, 7) is 8.88. The lowest BCUT2D eigenvalue weighted by Crippen LogP contribution is -2.15. The third-order valence-electron chi connectivity index (χ3n) is 1.09. The summed E-state index contributed by atoms with van der Waals surface area (Å²) in [5, 5.41) is 8.68. The molecule has 0 heterocycles. The molecule has 98 valence electrons. The van der Waals surface area contributed by atoms with Crippen LogP contribution in [0, 0.1) is 0 Å². The van der Waals surface area contributed by atoms with Gasteiger partial charge in [0.2, 0.25) is 0 Å². The highest BCUT2D eigenvalue weighted by molar-refractivity contribution is 5.86. The zero-order valence-electron chi connectivity index (χ0n) is 10.5. The number of aliphatic hydroxyl groups excluding tert-OH is 1. The molecule has 1 unspecified atom stereocenters. The molecule has 0 aliphatic carbocycles. The number of aliphatic hydroxyl groups is 1. The van der Waals surface area contributed by atoms with E-state index in [1.807, 2.05) is 0 Å². The lowest BCUT2D eigenvalue weighted by Gasteiger charge is -2.04. The summed E-state index contributed by atoms with van der Waals surface area (Å²) in [4.78, 5) is 30.2. The van der Waals surface area contributed by atoms with Crippen LogP contribution in [0.15, 0.2) is 12.2 Å². The SMILES string of the molecule is C=C(C)C(=O)OCC(C)O.CC(=O)OC(C)=O. The Morgan fingerprint density at radius 1 is 1.18 bits per heavy atom. The van der Waals surface area contributed by atoms with Crippen LogP contribution in [0.25, 0.3) is 0 Å². The number of ether oxygens (including phenoxy) is 2.